The second-order valence-electron chi connectivity index (χ2n) is 5.90. The number of benzene rings is 1. The molecule has 0 amide bonds. The van der Waals surface area contributed by atoms with Gasteiger partial charge in [-0.05, 0) is 32.0 Å². The van der Waals surface area contributed by atoms with Crippen LogP contribution in [0.2, 0.25) is 5.02 Å². The fraction of sp³-hybridized carbons (Fsp3) is 0.222. The first-order valence-corrected chi connectivity index (χ1v) is 8.37. The Balaban J connectivity index is 1.94. The Bertz CT molecular complexity index is 939. The third-order valence-electron chi connectivity index (χ3n) is 3.76. The summed E-state index contributed by atoms with van der Waals surface area (Å²) < 4.78 is 7.15. The lowest BCUT2D eigenvalue weighted by Crippen LogP contribution is -2.01. The van der Waals surface area contributed by atoms with E-state index >= 15 is 0 Å². The number of aromatic nitrogens is 4. The van der Waals surface area contributed by atoms with Crippen LogP contribution in [0.5, 0.6) is 5.75 Å². The maximum Gasteiger partial charge on any atom is 0.227 e. The summed E-state index contributed by atoms with van der Waals surface area (Å²) in [7, 11) is 1.53. The van der Waals surface area contributed by atoms with Crippen LogP contribution >= 0.6 is 11.6 Å². The van der Waals surface area contributed by atoms with Crippen molar-refractivity contribution in [1.82, 2.24) is 19.7 Å². The first kappa shape index (κ1) is 17.9. The summed E-state index contributed by atoms with van der Waals surface area (Å²) in [6.07, 6.45) is 5.90. The van der Waals surface area contributed by atoms with Crippen molar-refractivity contribution in [3.8, 4) is 17.0 Å². The molecule has 3 rings (SSSR count). The number of carbonyl (C=O) groups excluding carboxylic acids is 1. The number of hydrogen-bond donors (Lipinski definition) is 1. The molecular weight excluding hydrogens is 354 g/mol. The molecule has 0 aliphatic rings. The van der Waals surface area contributed by atoms with Gasteiger partial charge in [-0.25, -0.2) is 9.97 Å². The molecular formula is C18H18ClN5O2. The van der Waals surface area contributed by atoms with Gasteiger partial charge in [-0.2, -0.15) is 5.10 Å². The average Bonchev–Trinajstić information content (AvgIpc) is 3.14. The minimum atomic E-state index is 0.238. The average molecular weight is 372 g/mol. The molecule has 26 heavy (non-hydrogen) atoms. The van der Waals surface area contributed by atoms with E-state index in [1.807, 2.05) is 24.7 Å². The summed E-state index contributed by atoms with van der Waals surface area (Å²) in [5, 5.41) is 7.84. The normalized spacial score (nSPS) is 10.8. The van der Waals surface area contributed by atoms with Crippen LogP contribution < -0.4 is 10.1 Å². The Morgan fingerprint density at radius 2 is 2.12 bits per heavy atom. The Morgan fingerprint density at radius 3 is 2.77 bits per heavy atom. The molecule has 134 valence electrons. The standard InChI is InChI=1S/C18H18ClN5O2/c1-11(2)24-9-13(7-21-24)17-14(19)8-20-18(23-17)22-15-5-4-12(10-25)6-16(15)26-3/h4-11H,1-3H3,(H,20,22,23). The second kappa shape index (κ2) is 7.53. The lowest BCUT2D eigenvalue weighted by Gasteiger charge is -2.11. The molecule has 0 aliphatic carbocycles. The van der Waals surface area contributed by atoms with Gasteiger partial charge in [-0.3, -0.25) is 9.48 Å². The zero-order chi connectivity index (χ0) is 18.7. The first-order valence-electron chi connectivity index (χ1n) is 7.99. The van der Waals surface area contributed by atoms with Gasteiger partial charge in [0, 0.05) is 23.4 Å². The van der Waals surface area contributed by atoms with Gasteiger partial charge in [0.15, 0.2) is 0 Å². The smallest absolute Gasteiger partial charge is 0.227 e. The highest BCUT2D eigenvalue weighted by atomic mass is 35.5. The third kappa shape index (κ3) is 3.67. The maximum absolute atomic E-state index is 10.9. The summed E-state index contributed by atoms with van der Waals surface area (Å²) in [6, 6.07) is 5.29. The van der Waals surface area contributed by atoms with Crippen LogP contribution in [0.25, 0.3) is 11.3 Å². The largest absolute Gasteiger partial charge is 0.495 e. The van der Waals surface area contributed by atoms with Crippen molar-refractivity contribution in [1.29, 1.82) is 0 Å². The molecule has 0 saturated heterocycles. The van der Waals surface area contributed by atoms with Gasteiger partial charge in [0.05, 0.1) is 35.9 Å². The van der Waals surface area contributed by atoms with Crippen molar-refractivity contribution in [2.75, 3.05) is 12.4 Å². The van der Waals surface area contributed by atoms with E-state index in [2.05, 4.69) is 20.4 Å². The summed E-state index contributed by atoms with van der Waals surface area (Å²) in [5.74, 6) is 0.876. The molecule has 0 radical (unpaired) electrons. The number of nitrogens with zero attached hydrogens (tertiary/aromatic N) is 4. The Kier molecular flexibility index (Phi) is 5.18. The molecule has 2 heterocycles. The van der Waals surface area contributed by atoms with Crippen molar-refractivity contribution < 1.29 is 9.53 Å². The van der Waals surface area contributed by atoms with Crippen molar-refractivity contribution in [3.63, 3.8) is 0 Å². The quantitative estimate of drug-likeness (QED) is 0.656. The minimum Gasteiger partial charge on any atom is -0.495 e. The second-order valence-corrected chi connectivity index (χ2v) is 6.30. The molecule has 3 aromatic rings. The van der Waals surface area contributed by atoms with Gasteiger partial charge in [-0.1, -0.05) is 11.6 Å². The van der Waals surface area contributed by atoms with Gasteiger partial charge in [0.25, 0.3) is 0 Å². The highest BCUT2D eigenvalue weighted by molar-refractivity contribution is 6.32. The van der Waals surface area contributed by atoms with E-state index in [0.29, 0.717) is 33.7 Å². The highest BCUT2D eigenvalue weighted by Gasteiger charge is 2.13. The Morgan fingerprint density at radius 1 is 1.31 bits per heavy atom. The molecule has 0 fully saturated rings. The zero-order valence-corrected chi connectivity index (χ0v) is 15.4. The summed E-state index contributed by atoms with van der Waals surface area (Å²) >= 11 is 6.27. The SMILES string of the molecule is COc1cc(C=O)ccc1Nc1ncc(Cl)c(-c2cnn(C(C)C)c2)n1. The number of methoxy groups -OCH3 is 1. The lowest BCUT2D eigenvalue weighted by atomic mass is 10.2. The van der Waals surface area contributed by atoms with E-state index in [-0.39, 0.29) is 6.04 Å². The molecule has 0 spiro atoms. The number of anilines is 2. The molecule has 0 aliphatic heterocycles. The van der Waals surface area contributed by atoms with Crippen molar-refractivity contribution in [2.24, 2.45) is 0 Å². The van der Waals surface area contributed by atoms with Crippen LogP contribution in [0, 0.1) is 0 Å². The predicted octanol–water partition coefficient (Wildman–Crippen LogP) is 4.14. The lowest BCUT2D eigenvalue weighted by molar-refractivity contribution is 0.112. The van der Waals surface area contributed by atoms with E-state index in [1.165, 1.54) is 13.3 Å². The highest BCUT2D eigenvalue weighted by Crippen LogP contribution is 2.30. The number of rotatable bonds is 6. The number of nitrogens with one attached hydrogen (secondary N) is 1. The molecule has 0 unspecified atom stereocenters. The summed E-state index contributed by atoms with van der Waals surface area (Å²) in [4.78, 5) is 19.6. The van der Waals surface area contributed by atoms with Crippen molar-refractivity contribution in [3.05, 3.63) is 47.4 Å². The molecule has 7 nitrogen and oxygen atoms in total. The minimum absolute atomic E-state index is 0.238. The fourth-order valence-corrected chi connectivity index (χ4v) is 2.58. The topological polar surface area (TPSA) is 81.9 Å². The van der Waals surface area contributed by atoms with Crippen LogP contribution in [-0.2, 0) is 0 Å². The van der Waals surface area contributed by atoms with Crippen LogP contribution in [0.4, 0.5) is 11.6 Å². The Hall–Kier alpha value is -2.93. The fourth-order valence-electron chi connectivity index (χ4n) is 2.38. The van der Waals surface area contributed by atoms with Crippen molar-refractivity contribution >= 4 is 29.5 Å². The number of hydrogen-bond acceptors (Lipinski definition) is 6. The number of halogens is 1. The molecule has 0 saturated carbocycles. The summed E-state index contributed by atoms with van der Waals surface area (Å²) in [6.45, 7) is 4.08. The monoisotopic (exact) mass is 371 g/mol. The molecule has 2 aromatic heterocycles. The van der Waals surface area contributed by atoms with Crippen LogP contribution in [0.1, 0.15) is 30.2 Å². The van der Waals surface area contributed by atoms with Crippen molar-refractivity contribution in [2.45, 2.75) is 19.9 Å². The number of aldehydes is 1. The van der Waals surface area contributed by atoms with Gasteiger partial charge >= 0.3 is 0 Å². The van der Waals surface area contributed by atoms with Gasteiger partial charge < -0.3 is 10.1 Å². The molecule has 1 aromatic carbocycles. The molecule has 8 heteroatoms. The Labute approximate surface area is 156 Å². The van der Waals surface area contributed by atoms with E-state index in [1.54, 1.807) is 24.4 Å². The van der Waals surface area contributed by atoms with E-state index in [0.717, 1.165) is 11.8 Å². The van der Waals surface area contributed by atoms with Gasteiger partial charge in [0.2, 0.25) is 5.95 Å². The maximum atomic E-state index is 10.9. The summed E-state index contributed by atoms with van der Waals surface area (Å²) in [5.41, 5.74) is 2.55. The number of carbonyl (C=O) groups is 1. The first-order chi connectivity index (χ1) is 12.5. The van der Waals surface area contributed by atoms with Crippen LogP contribution in [-0.4, -0.2) is 33.1 Å². The van der Waals surface area contributed by atoms with E-state index in [9.17, 15) is 4.79 Å². The zero-order valence-electron chi connectivity index (χ0n) is 14.6. The van der Waals surface area contributed by atoms with Crippen LogP contribution in [0.3, 0.4) is 0 Å². The molecule has 0 atom stereocenters. The third-order valence-corrected chi connectivity index (χ3v) is 4.03. The number of ether oxygens (including phenoxy) is 1. The predicted molar refractivity (Wildman–Crippen MR) is 100 cm³/mol. The molecule has 0 bridgehead atoms. The van der Waals surface area contributed by atoms with E-state index < -0.39 is 0 Å². The van der Waals surface area contributed by atoms with Gasteiger partial charge in [0.1, 0.15) is 12.0 Å². The molecule has 1 N–H and O–H groups in total. The van der Waals surface area contributed by atoms with Crippen LogP contribution in [0.15, 0.2) is 36.8 Å². The van der Waals surface area contributed by atoms with Gasteiger partial charge in [-0.15, -0.1) is 0 Å². The van der Waals surface area contributed by atoms with E-state index in [4.69, 9.17) is 16.3 Å².